The third-order valence-corrected chi connectivity index (χ3v) is 4.67. The average Bonchev–Trinajstić information content (AvgIpc) is 2.53. The maximum Gasteiger partial charge on any atom is 0.138 e. The van der Waals surface area contributed by atoms with E-state index in [-0.39, 0.29) is 24.2 Å². The number of Topliss-reactive ketones (excluding diaryl/α,β-unsaturated/α-hetero) is 1. The third-order valence-electron chi connectivity index (χ3n) is 4.67. The van der Waals surface area contributed by atoms with Crippen LogP contribution in [0.3, 0.4) is 0 Å². The standard InChI is InChI=1S/C17H23NO3/c1-20-16-10-14-13(15(19)7-8-18-14)9-17(16)21-11-12-5-3-2-4-6-12/h2-6,13-14,16-18H,7-11H2,1H3. The molecule has 0 spiro atoms. The van der Waals surface area contributed by atoms with Gasteiger partial charge in [0.2, 0.25) is 0 Å². The maximum atomic E-state index is 12.1. The predicted molar refractivity (Wildman–Crippen MR) is 80.0 cm³/mol. The number of hydrogen-bond acceptors (Lipinski definition) is 4. The Morgan fingerprint density at radius 2 is 2.00 bits per heavy atom. The molecule has 0 amide bonds. The van der Waals surface area contributed by atoms with Crippen molar-refractivity contribution < 1.29 is 14.3 Å². The van der Waals surface area contributed by atoms with Crippen LogP contribution in [0.2, 0.25) is 0 Å². The minimum atomic E-state index is 0.000283. The van der Waals surface area contributed by atoms with Crippen molar-refractivity contribution in [3.05, 3.63) is 35.9 Å². The summed E-state index contributed by atoms with van der Waals surface area (Å²) in [6.07, 6.45) is 2.33. The summed E-state index contributed by atoms with van der Waals surface area (Å²) in [5.41, 5.74) is 1.16. The molecule has 1 aliphatic carbocycles. The molecule has 1 aromatic rings. The molecular formula is C17H23NO3. The molecule has 1 saturated carbocycles. The molecule has 2 aliphatic rings. The SMILES string of the molecule is COC1CC2NCCC(=O)C2CC1OCc1ccccc1. The van der Waals surface area contributed by atoms with Gasteiger partial charge in [-0.05, 0) is 18.4 Å². The van der Waals surface area contributed by atoms with E-state index in [0.29, 0.717) is 18.8 Å². The minimum Gasteiger partial charge on any atom is -0.379 e. The fourth-order valence-electron chi connectivity index (χ4n) is 3.48. The summed E-state index contributed by atoms with van der Waals surface area (Å²) in [6.45, 7) is 1.37. The molecule has 1 saturated heterocycles. The Bertz CT molecular complexity index is 476. The van der Waals surface area contributed by atoms with Crippen LogP contribution >= 0.6 is 0 Å². The number of carbonyl (C=O) groups is 1. The van der Waals surface area contributed by atoms with Crippen molar-refractivity contribution in [1.82, 2.24) is 5.32 Å². The van der Waals surface area contributed by atoms with E-state index < -0.39 is 0 Å². The Morgan fingerprint density at radius 1 is 1.19 bits per heavy atom. The first-order valence-electron chi connectivity index (χ1n) is 7.72. The molecule has 0 radical (unpaired) electrons. The molecular weight excluding hydrogens is 266 g/mol. The first-order valence-corrected chi connectivity index (χ1v) is 7.72. The third kappa shape index (κ3) is 3.34. The largest absolute Gasteiger partial charge is 0.379 e. The van der Waals surface area contributed by atoms with Crippen LogP contribution in [0.15, 0.2) is 30.3 Å². The van der Waals surface area contributed by atoms with Gasteiger partial charge < -0.3 is 14.8 Å². The van der Waals surface area contributed by atoms with E-state index in [4.69, 9.17) is 9.47 Å². The Labute approximate surface area is 125 Å². The Hall–Kier alpha value is -1.23. The average molecular weight is 289 g/mol. The number of rotatable bonds is 4. The Morgan fingerprint density at radius 3 is 2.76 bits per heavy atom. The fourth-order valence-corrected chi connectivity index (χ4v) is 3.48. The number of methoxy groups -OCH3 is 1. The van der Waals surface area contributed by atoms with Gasteiger partial charge in [-0.25, -0.2) is 0 Å². The van der Waals surface area contributed by atoms with Gasteiger partial charge in [-0.3, -0.25) is 4.79 Å². The van der Waals surface area contributed by atoms with E-state index in [2.05, 4.69) is 17.4 Å². The zero-order chi connectivity index (χ0) is 14.7. The van der Waals surface area contributed by atoms with Gasteiger partial charge in [0.1, 0.15) is 5.78 Å². The highest BCUT2D eigenvalue weighted by atomic mass is 16.5. The minimum absolute atomic E-state index is 0.000283. The highest BCUT2D eigenvalue weighted by Crippen LogP contribution is 2.32. The topological polar surface area (TPSA) is 47.6 Å². The molecule has 2 fully saturated rings. The van der Waals surface area contributed by atoms with E-state index in [1.54, 1.807) is 7.11 Å². The molecule has 21 heavy (non-hydrogen) atoms. The molecule has 3 rings (SSSR count). The van der Waals surface area contributed by atoms with Crippen molar-refractivity contribution in [2.45, 2.75) is 44.1 Å². The summed E-state index contributed by atoms with van der Waals surface area (Å²) in [5, 5.41) is 3.45. The van der Waals surface area contributed by atoms with Crippen molar-refractivity contribution in [3.8, 4) is 0 Å². The van der Waals surface area contributed by atoms with Crippen LogP contribution in [-0.2, 0) is 20.9 Å². The number of hydrogen-bond donors (Lipinski definition) is 1. The first-order chi connectivity index (χ1) is 10.3. The number of fused-ring (bicyclic) bond motifs is 1. The highest BCUT2D eigenvalue weighted by Gasteiger charge is 2.42. The molecule has 0 bridgehead atoms. The lowest BCUT2D eigenvalue weighted by molar-refractivity contribution is -0.138. The van der Waals surface area contributed by atoms with Gasteiger partial charge in [0.25, 0.3) is 0 Å². The second-order valence-corrected chi connectivity index (χ2v) is 5.96. The maximum absolute atomic E-state index is 12.1. The second-order valence-electron chi connectivity index (χ2n) is 5.96. The van der Waals surface area contributed by atoms with Crippen LogP contribution in [0.25, 0.3) is 0 Å². The second kappa shape index (κ2) is 6.69. The van der Waals surface area contributed by atoms with Crippen molar-refractivity contribution in [2.75, 3.05) is 13.7 Å². The van der Waals surface area contributed by atoms with Crippen LogP contribution in [0.4, 0.5) is 0 Å². The fraction of sp³-hybridized carbons (Fsp3) is 0.588. The summed E-state index contributed by atoms with van der Waals surface area (Å²) in [7, 11) is 1.73. The van der Waals surface area contributed by atoms with E-state index in [9.17, 15) is 4.79 Å². The van der Waals surface area contributed by atoms with Gasteiger partial charge in [-0.2, -0.15) is 0 Å². The Kier molecular flexibility index (Phi) is 4.68. The summed E-state index contributed by atoms with van der Waals surface area (Å²) in [6, 6.07) is 10.4. The van der Waals surface area contributed by atoms with Crippen molar-refractivity contribution in [1.29, 1.82) is 0 Å². The number of benzene rings is 1. The molecule has 4 unspecified atom stereocenters. The lowest BCUT2D eigenvalue weighted by Crippen LogP contribution is -2.55. The summed E-state index contributed by atoms with van der Waals surface area (Å²) in [4.78, 5) is 12.1. The lowest BCUT2D eigenvalue weighted by atomic mass is 9.76. The summed E-state index contributed by atoms with van der Waals surface area (Å²) in [5.74, 6) is 0.465. The molecule has 4 heteroatoms. The number of piperidine rings is 1. The van der Waals surface area contributed by atoms with E-state index in [0.717, 1.165) is 24.9 Å². The number of carbonyl (C=O) groups excluding carboxylic acids is 1. The molecule has 1 aliphatic heterocycles. The molecule has 4 atom stereocenters. The zero-order valence-electron chi connectivity index (χ0n) is 12.5. The molecule has 1 heterocycles. The van der Waals surface area contributed by atoms with Crippen LogP contribution in [0.1, 0.15) is 24.8 Å². The molecule has 114 valence electrons. The van der Waals surface area contributed by atoms with Crippen molar-refractivity contribution in [3.63, 3.8) is 0 Å². The van der Waals surface area contributed by atoms with Crippen LogP contribution in [0.5, 0.6) is 0 Å². The lowest BCUT2D eigenvalue weighted by Gasteiger charge is -2.42. The smallest absolute Gasteiger partial charge is 0.138 e. The van der Waals surface area contributed by atoms with Crippen molar-refractivity contribution >= 4 is 5.78 Å². The summed E-state index contributed by atoms with van der Waals surface area (Å²) < 4.78 is 11.7. The van der Waals surface area contributed by atoms with Gasteiger partial charge in [0.15, 0.2) is 0 Å². The van der Waals surface area contributed by atoms with E-state index in [1.165, 1.54) is 0 Å². The van der Waals surface area contributed by atoms with Gasteiger partial charge in [0, 0.05) is 32.0 Å². The number of nitrogens with one attached hydrogen (secondary N) is 1. The van der Waals surface area contributed by atoms with Crippen LogP contribution < -0.4 is 5.32 Å². The number of ketones is 1. The van der Waals surface area contributed by atoms with Gasteiger partial charge in [-0.1, -0.05) is 30.3 Å². The Balaban J connectivity index is 1.64. The molecule has 1 N–H and O–H groups in total. The van der Waals surface area contributed by atoms with Gasteiger partial charge in [-0.15, -0.1) is 0 Å². The monoisotopic (exact) mass is 289 g/mol. The molecule has 0 aromatic heterocycles. The van der Waals surface area contributed by atoms with Crippen LogP contribution in [0, 0.1) is 5.92 Å². The summed E-state index contributed by atoms with van der Waals surface area (Å²) >= 11 is 0. The molecule has 4 nitrogen and oxygen atoms in total. The molecule has 1 aromatic carbocycles. The van der Waals surface area contributed by atoms with Crippen molar-refractivity contribution in [2.24, 2.45) is 5.92 Å². The zero-order valence-corrected chi connectivity index (χ0v) is 12.5. The predicted octanol–water partition coefficient (Wildman–Crippen LogP) is 1.93. The number of ether oxygens (including phenoxy) is 2. The normalized spacial score (nSPS) is 32.7. The van der Waals surface area contributed by atoms with Gasteiger partial charge >= 0.3 is 0 Å². The highest BCUT2D eigenvalue weighted by molar-refractivity contribution is 5.83. The van der Waals surface area contributed by atoms with Crippen LogP contribution in [-0.4, -0.2) is 37.7 Å². The first kappa shape index (κ1) is 14.7. The van der Waals surface area contributed by atoms with E-state index >= 15 is 0 Å². The van der Waals surface area contributed by atoms with E-state index in [1.807, 2.05) is 18.2 Å². The van der Waals surface area contributed by atoms with Gasteiger partial charge in [0.05, 0.1) is 18.8 Å². The quantitative estimate of drug-likeness (QED) is 0.920.